The van der Waals surface area contributed by atoms with Crippen molar-refractivity contribution in [3.63, 3.8) is 0 Å². The van der Waals surface area contributed by atoms with Crippen LogP contribution in [0.5, 0.6) is 0 Å². The van der Waals surface area contributed by atoms with Gasteiger partial charge in [-0.15, -0.1) is 0 Å². The minimum atomic E-state index is 0. The van der Waals surface area contributed by atoms with Crippen molar-refractivity contribution in [1.82, 2.24) is 0 Å². The zero-order valence-electron chi connectivity index (χ0n) is 19.4. The molecule has 202 valence electrons. The Morgan fingerprint density at radius 2 is 1.18 bits per heavy atom. The number of nitriles is 1. The molecule has 0 aromatic heterocycles. The summed E-state index contributed by atoms with van der Waals surface area (Å²) in [6.45, 7) is 6.07. The molecule has 0 bridgehead atoms. The van der Waals surface area contributed by atoms with Gasteiger partial charge in [-0.1, -0.05) is 7.43 Å². The number of aliphatic hydroxyl groups excluding tert-OH is 1. The fourth-order valence-corrected chi connectivity index (χ4v) is 0.389. The van der Waals surface area contributed by atoms with E-state index in [9.17, 15) is 0 Å². The number of rotatable bonds is 6. The number of methoxy groups -OCH3 is 3. The molecule has 0 aliphatic carbocycles. The van der Waals surface area contributed by atoms with Crippen LogP contribution in [-0.4, -0.2) is 101 Å². The molecule has 0 saturated carbocycles. The topological polar surface area (TPSA) is 285 Å². The Morgan fingerprint density at radius 1 is 0.909 bits per heavy atom. The molecule has 13 nitrogen and oxygen atoms in total. The zero-order chi connectivity index (χ0) is 23.9. The van der Waals surface area contributed by atoms with Crippen LogP contribution in [0, 0.1) is 30.3 Å². The van der Waals surface area contributed by atoms with Gasteiger partial charge in [-0.2, -0.15) is 19.5 Å². The molecule has 0 fully saturated rings. The third kappa shape index (κ3) is 417. The number of nitrogens with zero attached hydrogens (tertiary/aromatic N) is 3. The van der Waals surface area contributed by atoms with Crippen LogP contribution in [0.2, 0.25) is 0 Å². The summed E-state index contributed by atoms with van der Waals surface area (Å²) in [6, 6.07) is 1.94. The van der Waals surface area contributed by atoms with Crippen LogP contribution in [-0.2, 0) is 14.2 Å². The maximum Gasteiger partial charge on any atom is 0.221 e. The zero-order valence-corrected chi connectivity index (χ0v) is 19.4. The van der Waals surface area contributed by atoms with Crippen molar-refractivity contribution < 1.29 is 51.4 Å². The molecule has 0 spiro atoms. The first-order chi connectivity index (χ1) is 13.7. The summed E-state index contributed by atoms with van der Waals surface area (Å²) in [4.78, 5) is 0. The van der Waals surface area contributed by atoms with E-state index in [2.05, 4.69) is 33.1 Å². The summed E-state index contributed by atoms with van der Waals surface area (Å²) in [5, 5.41) is 47.0. The third-order valence-corrected chi connectivity index (χ3v) is 1.20. The van der Waals surface area contributed by atoms with Crippen LogP contribution in [0.3, 0.4) is 0 Å². The van der Waals surface area contributed by atoms with Gasteiger partial charge in [-0.05, 0) is 12.2 Å². The highest BCUT2D eigenvalue weighted by molar-refractivity contribution is 5.55. The van der Waals surface area contributed by atoms with Crippen molar-refractivity contribution >= 4 is 11.7 Å². The number of hydrogen-bond donors (Lipinski definition) is 1. The molecule has 0 aromatic carbocycles. The van der Waals surface area contributed by atoms with Gasteiger partial charge in [0.15, 0.2) is 5.92 Å². The van der Waals surface area contributed by atoms with Crippen LogP contribution >= 0.6 is 0 Å². The maximum atomic E-state index is 8.25. The molecular weight excluding hydrogens is 442 g/mol. The van der Waals surface area contributed by atoms with Crippen LogP contribution in [0.1, 0.15) is 13.8 Å². The van der Waals surface area contributed by atoms with Crippen LogP contribution in [0.4, 0.5) is 0 Å². The van der Waals surface area contributed by atoms with E-state index < -0.39 is 0 Å². The highest BCUT2D eigenvalue weighted by atomic mass is 16.5. The Balaban J connectivity index is -0.0000000159. The number of allylic oxidation sites excluding steroid dienone is 1. The minimum Gasteiger partial charge on any atom is -0.870 e. The van der Waals surface area contributed by atoms with E-state index in [1.54, 1.807) is 21.3 Å². The molecule has 13 heteroatoms. The van der Waals surface area contributed by atoms with Gasteiger partial charge in [0, 0.05) is 34.9 Å². The van der Waals surface area contributed by atoms with E-state index in [1.807, 2.05) is 17.8 Å². The van der Waals surface area contributed by atoms with E-state index in [4.69, 9.17) is 31.4 Å². The summed E-state index contributed by atoms with van der Waals surface area (Å²) in [7, 11) is 7.18. The summed E-state index contributed by atoms with van der Waals surface area (Å²) < 4.78 is 13.6. The van der Waals surface area contributed by atoms with Gasteiger partial charge in [-0.25, -0.2) is 0 Å². The monoisotopic (exact) mass is 484 g/mol. The summed E-state index contributed by atoms with van der Waals surface area (Å²) in [5.74, 6) is 5.72. The van der Waals surface area contributed by atoms with Crippen LogP contribution in [0.15, 0.2) is 18.2 Å². The lowest BCUT2D eigenvalue weighted by molar-refractivity contribution is -0.325. The van der Waals surface area contributed by atoms with Crippen LogP contribution < -0.4 is 10.2 Å². The summed E-state index contributed by atoms with van der Waals surface area (Å²) in [5.41, 5.74) is 0. The number of terminal acetylenes is 1. The quantitative estimate of drug-likeness (QED) is 0.192. The highest BCUT2D eigenvalue weighted by Crippen LogP contribution is 1.71. The van der Waals surface area contributed by atoms with Crippen molar-refractivity contribution in [2.45, 2.75) is 13.8 Å². The highest BCUT2D eigenvalue weighted by Gasteiger charge is 1.73. The number of ether oxygens (including phenoxy) is 3. The largest absolute Gasteiger partial charge is 0.870 e. The lowest BCUT2D eigenvalue weighted by Gasteiger charge is -1.82. The standard InChI is InChI=1S/C4H7NO.2C4H6NO.C4H3.CH4O.2CH3O.CH4.4H2O/c3*1-6-4-2-3-5;1-3-4-2;3*1-2;;;;;/h2,4H2,1H3;2*2H,4H2,1H3;1-3H;2H,1H3;2*1H3;1H4;4*1H2/q;2*-1;+1;;2*-1;;;;;/p-2. The van der Waals surface area contributed by atoms with Gasteiger partial charge in [0.2, 0.25) is 6.08 Å². The SMILES string of the molecule is C.C#CC=[CH+].CO.COCC=C=[N-].COCC=C=[N-].COCCC#N.C[O-].C[O-].O.O.[OH-].[OH-]. The molecule has 0 heterocycles. The lowest BCUT2D eigenvalue weighted by Crippen LogP contribution is -1.82. The molecule has 33 heavy (non-hydrogen) atoms. The molecule has 0 amide bonds. The van der Waals surface area contributed by atoms with E-state index >= 15 is 0 Å². The first-order valence-corrected chi connectivity index (χ1v) is 7.18. The van der Waals surface area contributed by atoms with Gasteiger partial charge in [0.1, 0.15) is 0 Å². The van der Waals surface area contributed by atoms with Crippen molar-refractivity contribution in [3.8, 4) is 18.4 Å². The second-order valence-corrected chi connectivity index (χ2v) is 2.81. The van der Waals surface area contributed by atoms with Crippen molar-refractivity contribution in [2.75, 3.05) is 62.5 Å². The number of aliphatic hydroxyl groups is 1. The molecule has 0 rings (SSSR count). The van der Waals surface area contributed by atoms with E-state index in [0.29, 0.717) is 26.2 Å². The number of hydrogen-bond acceptors (Lipinski definition) is 9. The molecule has 0 aliphatic rings. The fourth-order valence-electron chi connectivity index (χ4n) is 0.389. The van der Waals surface area contributed by atoms with Gasteiger partial charge < -0.3 is 62.3 Å². The first kappa shape index (κ1) is 77.7. The fraction of sp³-hybridized carbons (Fsp3) is 0.550. The maximum absolute atomic E-state index is 8.25. The molecule has 7 N–H and O–H groups in total. The molecular formula is C20H42N3O10-5. The van der Waals surface area contributed by atoms with Crippen molar-refractivity contribution in [1.29, 1.82) is 5.26 Å². The average Bonchev–Trinajstić information content (AvgIpc) is 2.79. The van der Waals surface area contributed by atoms with Crippen molar-refractivity contribution in [2.24, 2.45) is 0 Å². The Hall–Kier alpha value is -2.80. The first-order valence-electron chi connectivity index (χ1n) is 7.18. The predicted octanol–water partition coefficient (Wildman–Crippen LogP) is -1.79. The average molecular weight is 485 g/mol. The Labute approximate surface area is 199 Å². The third-order valence-electron chi connectivity index (χ3n) is 1.20. The Bertz CT molecular complexity index is 380. The second-order valence-electron chi connectivity index (χ2n) is 2.81. The molecule has 0 saturated heterocycles. The van der Waals surface area contributed by atoms with Crippen molar-refractivity contribution in [3.05, 3.63) is 35.6 Å². The molecule has 0 unspecified atom stereocenters. The van der Waals surface area contributed by atoms with E-state index in [-0.39, 0.29) is 29.3 Å². The molecule has 0 aliphatic heterocycles. The van der Waals surface area contributed by atoms with Gasteiger partial charge in [0.25, 0.3) is 0 Å². The van der Waals surface area contributed by atoms with Crippen LogP contribution in [0.25, 0.3) is 10.8 Å². The Morgan fingerprint density at radius 3 is 1.24 bits per heavy atom. The predicted molar refractivity (Wildman–Crippen MR) is 127 cm³/mol. The molecule has 0 aromatic rings. The summed E-state index contributed by atoms with van der Waals surface area (Å²) in [6.07, 6.45) is 9.02. The molecule has 0 radical (unpaired) electrons. The minimum absolute atomic E-state index is 0. The van der Waals surface area contributed by atoms with Gasteiger partial charge >= 0.3 is 0 Å². The second kappa shape index (κ2) is 185. The lowest BCUT2D eigenvalue weighted by atomic mass is 10.5. The smallest absolute Gasteiger partial charge is 0.221 e. The van der Waals surface area contributed by atoms with E-state index in [1.165, 1.54) is 12.2 Å². The molecule has 0 atom stereocenters. The normalized spacial score (nSPS) is 4.79. The Kier molecular flexibility index (Phi) is 436. The van der Waals surface area contributed by atoms with E-state index in [0.717, 1.165) is 27.4 Å². The van der Waals surface area contributed by atoms with Gasteiger partial charge in [0.05, 0.1) is 38.9 Å². The van der Waals surface area contributed by atoms with Gasteiger partial charge in [-0.3, -0.25) is 11.7 Å². The summed E-state index contributed by atoms with van der Waals surface area (Å²) >= 11 is 0.